The quantitative estimate of drug-likeness (QED) is 0.587. The molecular formula is C12H14O. The highest BCUT2D eigenvalue weighted by Crippen LogP contribution is 2.63. The van der Waals surface area contributed by atoms with Crippen LogP contribution in [0.25, 0.3) is 0 Å². The van der Waals surface area contributed by atoms with Crippen molar-refractivity contribution < 1.29 is 4.74 Å². The molecule has 1 heteroatoms. The lowest BCUT2D eigenvalue weighted by Crippen LogP contribution is -2.36. The molecular weight excluding hydrogens is 160 g/mol. The molecule has 0 radical (unpaired) electrons. The Morgan fingerprint density at radius 2 is 1.85 bits per heavy atom. The predicted octanol–water partition coefficient (Wildman–Crippen LogP) is 2.89. The first-order valence-electron chi connectivity index (χ1n) is 4.94. The van der Waals surface area contributed by atoms with Crippen molar-refractivity contribution in [3.8, 4) is 5.75 Å². The number of para-hydroxylation sites is 1. The summed E-state index contributed by atoms with van der Waals surface area (Å²) in [7, 11) is 0. The fourth-order valence-corrected chi connectivity index (χ4v) is 2.64. The predicted molar refractivity (Wildman–Crippen MR) is 52.1 cm³/mol. The summed E-state index contributed by atoms with van der Waals surface area (Å²) in [5, 5.41) is 0. The average Bonchev–Trinajstić information content (AvgIpc) is 2.81. The Kier molecular flexibility index (Phi) is 1.10. The van der Waals surface area contributed by atoms with E-state index in [9.17, 15) is 0 Å². The molecule has 0 saturated heterocycles. The second kappa shape index (κ2) is 1.92. The zero-order valence-electron chi connectivity index (χ0n) is 8.13. The zero-order valence-corrected chi connectivity index (χ0v) is 8.13. The Balaban J connectivity index is 2.22. The van der Waals surface area contributed by atoms with Crippen LogP contribution < -0.4 is 4.74 Å². The van der Waals surface area contributed by atoms with Crippen molar-refractivity contribution in [3.63, 3.8) is 0 Å². The van der Waals surface area contributed by atoms with Gasteiger partial charge in [-0.3, -0.25) is 0 Å². The van der Waals surface area contributed by atoms with Crippen molar-refractivity contribution in [1.29, 1.82) is 0 Å². The standard InChI is InChI=1S/C12H14O/c1-11(2)12(7-8-12)9-5-3-4-6-10(9)13-11/h3-6H,7-8H2,1-2H3. The third-order valence-electron chi connectivity index (χ3n) is 3.67. The van der Waals surface area contributed by atoms with Gasteiger partial charge in [-0.1, -0.05) is 18.2 Å². The van der Waals surface area contributed by atoms with Crippen molar-refractivity contribution in [3.05, 3.63) is 29.8 Å². The lowest BCUT2D eigenvalue weighted by Gasteiger charge is -2.25. The first kappa shape index (κ1) is 7.43. The summed E-state index contributed by atoms with van der Waals surface area (Å²) in [4.78, 5) is 0. The van der Waals surface area contributed by atoms with E-state index in [1.165, 1.54) is 18.4 Å². The highest BCUT2D eigenvalue weighted by atomic mass is 16.5. The van der Waals surface area contributed by atoms with E-state index in [1.807, 2.05) is 0 Å². The van der Waals surface area contributed by atoms with Gasteiger partial charge in [0.15, 0.2) is 0 Å². The molecule has 0 aromatic heterocycles. The molecule has 1 aromatic rings. The van der Waals surface area contributed by atoms with Crippen LogP contribution in [0.1, 0.15) is 32.3 Å². The van der Waals surface area contributed by atoms with Crippen LogP contribution in [-0.4, -0.2) is 5.60 Å². The molecule has 2 aliphatic rings. The number of benzene rings is 1. The first-order chi connectivity index (χ1) is 6.16. The summed E-state index contributed by atoms with van der Waals surface area (Å²) in [6, 6.07) is 8.47. The molecule has 1 heterocycles. The van der Waals surface area contributed by atoms with Crippen molar-refractivity contribution in [2.75, 3.05) is 0 Å². The summed E-state index contributed by atoms with van der Waals surface area (Å²) in [6.07, 6.45) is 2.58. The SMILES string of the molecule is CC1(C)Oc2ccccc2C12CC2. The van der Waals surface area contributed by atoms with Gasteiger partial charge in [0.05, 0.1) is 0 Å². The van der Waals surface area contributed by atoms with Crippen LogP contribution in [0.2, 0.25) is 0 Å². The Morgan fingerprint density at radius 3 is 2.54 bits per heavy atom. The van der Waals surface area contributed by atoms with Crippen LogP contribution in [0.15, 0.2) is 24.3 Å². The van der Waals surface area contributed by atoms with Crippen LogP contribution >= 0.6 is 0 Å². The monoisotopic (exact) mass is 174 g/mol. The van der Waals surface area contributed by atoms with Gasteiger partial charge in [-0.15, -0.1) is 0 Å². The Morgan fingerprint density at radius 1 is 1.15 bits per heavy atom. The smallest absolute Gasteiger partial charge is 0.124 e. The van der Waals surface area contributed by atoms with E-state index in [1.54, 1.807) is 0 Å². The molecule has 68 valence electrons. The topological polar surface area (TPSA) is 9.23 Å². The lowest BCUT2D eigenvalue weighted by molar-refractivity contribution is 0.0993. The van der Waals surface area contributed by atoms with Gasteiger partial charge in [-0.05, 0) is 32.8 Å². The van der Waals surface area contributed by atoms with Crippen LogP contribution in [0.5, 0.6) is 5.75 Å². The number of ether oxygens (including phenoxy) is 1. The van der Waals surface area contributed by atoms with Crippen LogP contribution in [0.4, 0.5) is 0 Å². The number of hydrogen-bond acceptors (Lipinski definition) is 1. The summed E-state index contributed by atoms with van der Waals surface area (Å²) < 4.78 is 5.97. The third kappa shape index (κ3) is 0.731. The first-order valence-corrected chi connectivity index (χ1v) is 4.94. The molecule has 1 nitrogen and oxygen atoms in total. The third-order valence-corrected chi connectivity index (χ3v) is 3.67. The molecule has 0 bridgehead atoms. The Bertz CT molecular complexity index is 361. The molecule has 0 amide bonds. The second-order valence-corrected chi connectivity index (χ2v) is 4.69. The molecule has 0 N–H and O–H groups in total. The van der Waals surface area contributed by atoms with Crippen molar-refractivity contribution in [2.45, 2.75) is 37.7 Å². The van der Waals surface area contributed by atoms with Crippen molar-refractivity contribution >= 4 is 0 Å². The van der Waals surface area contributed by atoms with Crippen LogP contribution in [-0.2, 0) is 5.41 Å². The summed E-state index contributed by atoms with van der Waals surface area (Å²) >= 11 is 0. The molecule has 1 fully saturated rings. The maximum absolute atomic E-state index is 5.97. The van der Waals surface area contributed by atoms with Crippen LogP contribution in [0.3, 0.4) is 0 Å². The van der Waals surface area contributed by atoms with Gasteiger partial charge in [-0.25, -0.2) is 0 Å². The zero-order chi connectivity index (χ0) is 9.10. The molecule has 1 aliphatic heterocycles. The number of hydrogen-bond donors (Lipinski definition) is 0. The van der Waals surface area contributed by atoms with Gasteiger partial charge >= 0.3 is 0 Å². The normalized spacial score (nSPS) is 25.4. The van der Waals surface area contributed by atoms with E-state index in [4.69, 9.17) is 4.74 Å². The molecule has 1 aliphatic carbocycles. The Labute approximate surface area is 78.7 Å². The van der Waals surface area contributed by atoms with Crippen molar-refractivity contribution in [2.24, 2.45) is 0 Å². The number of rotatable bonds is 0. The fourth-order valence-electron chi connectivity index (χ4n) is 2.64. The summed E-state index contributed by atoms with van der Waals surface area (Å²) in [6.45, 7) is 4.42. The van der Waals surface area contributed by atoms with Gasteiger partial charge < -0.3 is 4.74 Å². The largest absolute Gasteiger partial charge is 0.487 e. The van der Waals surface area contributed by atoms with Gasteiger partial charge in [0.25, 0.3) is 0 Å². The number of fused-ring (bicyclic) bond motifs is 2. The molecule has 1 spiro atoms. The average molecular weight is 174 g/mol. The van der Waals surface area contributed by atoms with Gasteiger partial charge in [0, 0.05) is 11.0 Å². The van der Waals surface area contributed by atoms with Gasteiger partial charge in [0.1, 0.15) is 11.4 Å². The molecule has 0 unspecified atom stereocenters. The van der Waals surface area contributed by atoms with Crippen LogP contribution in [0, 0.1) is 0 Å². The molecule has 13 heavy (non-hydrogen) atoms. The van der Waals surface area contributed by atoms with Gasteiger partial charge in [0.2, 0.25) is 0 Å². The highest BCUT2D eigenvalue weighted by molar-refractivity contribution is 5.50. The van der Waals surface area contributed by atoms with Gasteiger partial charge in [-0.2, -0.15) is 0 Å². The van der Waals surface area contributed by atoms with E-state index in [2.05, 4.69) is 38.1 Å². The minimum atomic E-state index is 0.0106. The molecule has 3 rings (SSSR count). The van der Waals surface area contributed by atoms with E-state index in [0.29, 0.717) is 5.41 Å². The fraction of sp³-hybridized carbons (Fsp3) is 0.500. The van der Waals surface area contributed by atoms with E-state index >= 15 is 0 Å². The minimum absolute atomic E-state index is 0.0106. The second-order valence-electron chi connectivity index (χ2n) is 4.69. The van der Waals surface area contributed by atoms with E-state index in [0.717, 1.165) is 5.75 Å². The summed E-state index contributed by atoms with van der Waals surface area (Å²) in [5.41, 5.74) is 1.79. The minimum Gasteiger partial charge on any atom is -0.487 e. The highest BCUT2D eigenvalue weighted by Gasteiger charge is 2.62. The lowest BCUT2D eigenvalue weighted by atomic mass is 9.84. The van der Waals surface area contributed by atoms with E-state index < -0.39 is 0 Å². The summed E-state index contributed by atoms with van der Waals surface area (Å²) in [5.74, 6) is 1.10. The van der Waals surface area contributed by atoms with Crippen molar-refractivity contribution in [1.82, 2.24) is 0 Å². The molecule has 1 saturated carbocycles. The molecule has 1 aromatic carbocycles. The molecule has 0 atom stereocenters. The Hall–Kier alpha value is -0.980. The van der Waals surface area contributed by atoms with E-state index in [-0.39, 0.29) is 5.60 Å². The maximum Gasteiger partial charge on any atom is 0.124 e. The maximum atomic E-state index is 5.97.